The molecule has 0 saturated carbocycles. The highest BCUT2D eigenvalue weighted by Gasteiger charge is 2.10. The molecule has 1 N–H and O–H groups in total. The van der Waals surface area contributed by atoms with Gasteiger partial charge in [-0.05, 0) is 19.9 Å². The average molecular weight is 316 g/mol. The Hall–Kier alpha value is -2.76. The van der Waals surface area contributed by atoms with Crippen molar-refractivity contribution in [2.45, 2.75) is 20.0 Å². The number of ether oxygens (including phenoxy) is 3. The summed E-state index contributed by atoms with van der Waals surface area (Å²) in [5, 5.41) is 2.79. The van der Waals surface area contributed by atoms with Gasteiger partial charge in [0.15, 0.2) is 0 Å². The minimum atomic E-state index is -0.274. The number of nitrogens with zero attached hydrogens (tertiary/aromatic N) is 1. The highest BCUT2D eigenvalue weighted by molar-refractivity contribution is 6.04. The van der Waals surface area contributed by atoms with Gasteiger partial charge in [0.05, 0.1) is 25.9 Å². The first-order chi connectivity index (χ1) is 11.0. The number of hydrogen-bond acceptors (Lipinski definition) is 5. The van der Waals surface area contributed by atoms with Gasteiger partial charge in [0, 0.05) is 36.1 Å². The van der Waals surface area contributed by atoms with E-state index in [2.05, 4.69) is 10.3 Å². The molecule has 1 heterocycles. The summed E-state index contributed by atoms with van der Waals surface area (Å²) in [6, 6.07) is 8.49. The predicted octanol–water partition coefficient (Wildman–Crippen LogP) is 3.14. The number of aromatic nitrogens is 1. The van der Waals surface area contributed by atoms with Gasteiger partial charge in [-0.2, -0.15) is 0 Å². The Morgan fingerprint density at radius 1 is 1.09 bits per heavy atom. The number of benzene rings is 1. The number of pyridine rings is 1. The molecule has 0 aliphatic carbocycles. The second kappa shape index (κ2) is 7.49. The fourth-order valence-corrected chi connectivity index (χ4v) is 1.91. The molecular formula is C17H20N2O4. The first-order valence-corrected chi connectivity index (χ1v) is 7.19. The van der Waals surface area contributed by atoms with Crippen LogP contribution in [0.3, 0.4) is 0 Å². The standard InChI is InChI=1S/C17H20N2O4/c1-11(2)23-16-6-5-12(10-18-16)17(20)19-13-7-14(21-3)9-15(8-13)22-4/h5-11H,1-4H3,(H,19,20). The van der Waals surface area contributed by atoms with Gasteiger partial charge in [-0.1, -0.05) is 0 Å². The van der Waals surface area contributed by atoms with E-state index < -0.39 is 0 Å². The maximum Gasteiger partial charge on any atom is 0.257 e. The molecule has 0 saturated heterocycles. The van der Waals surface area contributed by atoms with E-state index in [-0.39, 0.29) is 12.0 Å². The monoisotopic (exact) mass is 316 g/mol. The quantitative estimate of drug-likeness (QED) is 0.886. The maximum atomic E-state index is 12.3. The van der Waals surface area contributed by atoms with E-state index in [1.807, 2.05) is 13.8 Å². The van der Waals surface area contributed by atoms with Gasteiger partial charge in [-0.15, -0.1) is 0 Å². The number of methoxy groups -OCH3 is 2. The zero-order valence-corrected chi connectivity index (χ0v) is 13.6. The summed E-state index contributed by atoms with van der Waals surface area (Å²) < 4.78 is 15.8. The van der Waals surface area contributed by atoms with Crippen LogP contribution in [0, 0.1) is 0 Å². The molecule has 122 valence electrons. The lowest BCUT2D eigenvalue weighted by molar-refractivity contribution is 0.102. The first kappa shape index (κ1) is 16.6. The van der Waals surface area contributed by atoms with Crippen molar-refractivity contribution in [2.24, 2.45) is 0 Å². The molecule has 0 fully saturated rings. The third-order valence-electron chi connectivity index (χ3n) is 2.96. The number of amides is 1. The van der Waals surface area contributed by atoms with Crippen LogP contribution in [0.25, 0.3) is 0 Å². The Morgan fingerprint density at radius 2 is 1.74 bits per heavy atom. The lowest BCUT2D eigenvalue weighted by atomic mass is 10.2. The van der Waals surface area contributed by atoms with Crippen molar-refractivity contribution < 1.29 is 19.0 Å². The average Bonchev–Trinajstić information content (AvgIpc) is 2.54. The van der Waals surface area contributed by atoms with Crippen molar-refractivity contribution in [3.63, 3.8) is 0 Å². The number of rotatable bonds is 6. The minimum absolute atomic E-state index is 0.0337. The number of hydrogen-bond donors (Lipinski definition) is 1. The molecule has 1 amide bonds. The molecule has 2 rings (SSSR count). The van der Waals surface area contributed by atoms with E-state index >= 15 is 0 Å². The van der Waals surface area contributed by atoms with Crippen LogP contribution in [0.4, 0.5) is 5.69 Å². The fourth-order valence-electron chi connectivity index (χ4n) is 1.91. The summed E-state index contributed by atoms with van der Waals surface area (Å²) in [7, 11) is 3.11. The molecule has 0 bridgehead atoms. The Bertz CT molecular complexity index is 647. The Balaban J connectivity index is 2.12. The van der Waals surface area contributed by atoms with Crippen molar-refractivity contribution >= 4 is 11.6 Å². The summed E-state index contributed by atoms with van der Waals surface area (Å²) in [6.07, 6.45) is 1.51. The van der Waals surface area contributed by atoms with Gasteiger partial charge < -0.3 is 19.5 Å². The first-order valence-electron chi connectivity index (χ1n) is 7.19. The molecule has 1 aromatic heterocycles. The molecule has 0 atom stereocenters. The molecule has 1 aromatic carbocycles. The minimum Gasteiger partial charge on any atom is -0.497 e. The summed E-state index contributed by atoms with van der Waals surface area (Å²) in [5.41, 5.74) is 1.01. The normalized spacial score (nSPS) is 10.3. The molecule has 23 heavy (non-hydrogen) atoms. The van der Waals surface area contributed by atoms with Gasteiger partial charge in [0.2, 0.25) is 5.88 Å². The number of nitrogens with one attached hydrogen (secondary N) is 1. The highest BCUT2D eigenvalue weighted by Crippen LogP contribution is 2.26. The number of carbonyl (C=O) groups is 1. The summed E-state index contributed by atoms with van der Waals surface area (Å²) in [6.45, 7) is 3.83. The Morgan fingerprint density at radius 3 is 2.22 bits per heavy atom. The Kier molecular flexibility index (Phi) is 5.41. The topological polar surface area (TPSA) is 69.7 Å². The molecule has 6 nitrogen and oxygen atoms in total. The summed E-state index contributed by atoms with van der Waals surface area (Å²) >= 11 is 0. The third kappa shape index (κ3) is 4.60. The van der Waals surface area contributed by atoms with Crippen LogP contribution in [-0.4, -0.2) is 31.2 Å². The lowest BCUT2D eigenvalue weighted by Crippen LogP contribution is -2.13. The van der Waals surface area contributed by atoms with E-state index in [1.165, 1.54) is 6.20 Å². The fraction of sp³-hybridized carbons (Fsp3) is 0.294. The van der Waals surface area contributed by atoms with E-state index in [9.17, 15) is 4.79 Å². The molecule has 2 aromatic rings. The lowest BCUT2D eigenvalue weighted by Gasteiger charge is -2.11. The van der Waals surface area contributed by atoms with Crippen molar-refractivity contribution in [2.75, 3.05) is 19.5 Å². The predicted molar refractivity (Wildman–Crippen MR) is 87.5 cm³/mol. The van der Waals surface area contributed by atoms with Gasteiger partial charge in [0.25, 0.3) is 5.91 Å². The summed E-state index contributed by atoms with van der Waals surface area (Å²) in [5.74, 6) is 1.40. The van der Waals surface area contributed by atoms with Crippen LogP contribution in [0.1, 0.15) is 24.2 Å². The van der Waals surface area contributed by atoms with Crippen LogP contribution in [0.5, 0.6) is 17.4 Å². The molecule has 0 aliphatic rings. The number of anilines is 1. The molecule has 0 spiro atoms. The second-order valence-corrected chi connectivity index (χ2v) is 5.11. The van der Waals surface area contributed by atoms with E-state index in [4.69, 9.17) is 14.2 Å². The van der Waals surface area contributed by atoms with Crippen molar-refractivity contribution in [1.29, 1.82) is 0 Å². The van der Waals surface area contributed by atoms with Crippen molar-refractivity contribution in [3.05, 3.63) is 42.1 Å². The van der Waals surface area contributed by atoms with Gasteiger partial charge >= 0.3 is 0 Å². The van der Waals surface area contributed by atoms with Crippen LogP contribution in [0.2, 0.25) is 0 Å². The smallest absolute Gasteiger partial charge is 0.257 e. The summed E-state index contributed by atoms with van der Waals surface area (Å²) in [4.78, 5) is 16.4. The molecule has 0 unspecified atom stereocenters. The third-order valence-corrected chi connectivity index (χ3v) is 2.96. The van der Waals surface area contributed by atoms with Gasteiger partial charge in [-0.25, -0.2) is 4.98 Å². The SMILES string of the molecule is COc1cc(NC(=O)c2ccc(OC(C)C)nc2)cc(OC)c1. The largest absolute Gasteiger partial charge is 0.497 e. The van der Waals surface area contributed by atoms with Crippen LogP contribution in [-0.2, 0) is 0 Å². The van der Waals surface area contributed by atoms with E-state index in [0.717, 1.165) is 0 Å². The zero-order valence-electron chi connectivity index (χ0n) is 13.6. The molecule has 6 heteroatoms. The zero-order chi connectivity index (χ0) is 16.8. The Labute approximate surface area is 135 Å². The van der Waals surface area contributed by atoms with Gasteiger partial charge in [0.1, 0.15) is 11.5 Å². The van der Waals surface area contributed by atoms with Crippen molar-refractivity contribution in [1.82, 2.24) is 4.98 Å². The van der Waals surface area contributed by atoms with Crippen molar-refractivity contribution in [3.8, 4) is 17.4 Å². The van der Waals surface area contributed by atoms with E-state index in [0.29, 0.717) is 28.6 Å². The maximum absolute atomic E-state index is 12.3. The second-order valence-electron chi connectivity index (χ2n) is 5.11. The number of carbonyl (C=O) groups excluding carboxylic acids is 1. The highest BCUT2D eigenvalue weighted by atomic mass is 16.5. The van der Waals surface area contributed by atoms with Crippen LogP contribution >= 0.6 is 0 Å². The van der Waals surface area contributed by atoms with Crippen LogP contribution < -0.4 is 19.5 Å². The molecular weight excluding hydrogens is 296 g/mol. The van der Waals surface area contributed by atoms with E-state index in [1.54, 1.807) is 44.6 Å². The molecule has 0 aliphatic heterocycles. The van der Waals surface area contributed by atoms with Crippen LogP contribution in [0.15, 0.2) is 36.5 Å². The van der Waals surface area contributed by atoms with Gasteiger partial charge in [-0.3, -0.25) is 4.79 Å². The molecule has 0 radical (unpaired) electrons.